The molecule has 146 valence electrons. The molecule has 1 aromatic heterocycles. The van der Waals surface area contributed by atoms with Gasteiger partial charge in [-0.15, -0.1) is 0 Å². The first-order valence-corrected chi connectivity index (χ1v) is 8.69. The number of anilines is 2. The van der Waals surface area contributed by atoms with E-state index in [9.17, 15) is 18.0 Å². The molecular weight excluding hydrogens is 395 g/mol. The van der Waals surface area contributed by atoms with Gasteiger partial charge in [0.05, 0.1) is 16.8 Å². The molecule has 0 saturated carbocycles. The molecule has 1 N–H and O–H groups in total. The molecule has 1 aliphatic heterocycles. The molecule has 2 amide bonds. The second-order valence-corrected chi connectivity index (χ2v) is 6.55. The average Bonchev–Trinajstić information content (AvgIpc) is 2.68. The van der Waals surface area contributed by atoms with Crippen LogP contribution in [0.5, 0.6) is 0 Å². The van der Waals surface area contributed by atoms with Gasteiger partial charge < -0.3 is 15.1 Å². The lowest BCUT2D eigenvalue weighted by Gasteiger charge is -2.35. The number of benzene rings is 1. The average molecular weight is 410 g/mol. The monoisotopic (exact) mass is 409 g/mol. The summed E-state index contributed by atoms with van der Waals surface area (Å²) in [6.07, 6.45) is -3.17. The number of hydrogen-bond acceptors (Lipinski definition) is 4. The molecule has 0 bridgehead atoms. The summed E-state index contributed by atoms with van der Waals surface area (Å²) in [6.45, 7) is 1.59. The van der Waals surface area contributed by atoms with E-state index in [0.717, 1.165) is 12.1 Å². The molecule has 10 heteroatoms. The zero-order valence-electron chi connectivity index (χ0n) is 14.5. The molecule has 0 unspecified atom stereocenters. The van der Waals surface area contributed by atoms with Crippen molar-refractivity contribution in [3.05, 3.63) is 52.7 Å². The molecule has 28 heavy (non-hydrogen) atoms. The smallest absolute Gasteiger partial charge is 0.353 e. The lowest BCUT2D eigenvalue weighted by Crippen LogP contribution is -2.50. The number of carbonyl (C=O) groups is 1. The third-order valence-corrected chi connectivity index (χ3v) is 4.53. The topological polar surface area (TPSA) is 72.3 Å². The normalized spacial score (nSPS) is 14.5. The van der Waals surface area contributed by atoms with Crippen molar-refractivity contribution in [2.45, 2.75) is 6.18 Å². The van der Waals surface area contributed by atoms with Gasteiger partial charge in [0, 0.05) is 37.4 Å². The van der Waals surface area contributed by atoms with E-state index in [2.05, 4.69) is 10.3 Å². The largest absolute Gasteiger partial charge is 0.418 e. The molecule has 2 heterocycles. The highest BCUT2D eigenvalue weighted by atomic mass is 35.5. The van der Waals surface area contributed by atoms with E-state index in [-0.39, 0.29) is 10.7 Å². The second-order valence-electron chi connectivity index (χ2n) is 6.11. The third-order valence-electron chi connectivity index (χ3n) is 4.30. The molecule has 0 atom stereocenters. The number of urea groups is 1. The number of piperazine rings is 1. The van der Waals surface area contributed by atoms with Crippen LogP contribution in [0.3, 0.4) is 0 Å². The molecule has 0 radical (unpaired) electrons. The molecule has 6 nitrogen and oxygen atoms in total. The van der Waals surface area contributed by atoms with Gasteiger partial charge in [-0.1, -0.05) is 11.6 Å². The first kappa shape index (κ1) is 19.8. The van der Waals surface area contributed by atoms with Gasteiger partial charge in [0.15, 0.2) is 0 Å². The minimum Gasteiger partial charge on any atom is -0.353 e. The quantitative estimate of drug-likeness (QED) is 0.814. The summed E-state index contributed by atoms with van der Waals surface area (Å²) in [6, 6.07) is 7.97. The summed E-state index contributed by atoms with van der Waals surface area (Å²) < 4.78 is 39.5. The Morgan fingerprint density at radius 2 is 1.89 bits per heavy atom. The molecule has 1 aromatic carbocycles. The summed E-state index contributed by atoms with van der Waals surface area (Å²) >= 11 is 5.65. The highest BCUT2D eigenvalue weighted by Crippen LogP contribution is 2.36. The summed E-state index contributed by atoms with van der Waals surface area (Å²) in [4.78, 5) is 20.0. The fourth-order valence-electron chi connectivity index (χ4n) is 2.83. The molecule has 1 fully saturated rings. The minimum absolute atomic E-state index is 0.0612. The van der Waals surface area contributed by atoms with Crippen LogP contribution in [0.2, 0.25) is 5.02 Å². The molecule has 0 aliphatic carbocycles. The van der Waals surface area contributed by atoms with Crippen molar-refractivity contribution in [3.63, 3.8) is 0 Å². The Morgan fingerprint density at radius 3 is 2.46 bits per heavy atom. The summed E-state index contributed by atoms with van der Waals surface area (Å²) in [5.41, 5.74) is -0.878. The van der Waals surface area contributed by atoms with Crippen LogP contribution in [-0.4, -0.2) is 42.1 Å². The van der Waals surface area contributed by atoms with Crippen molar-refractivity contribution in [2.75, 3.05) is 36.4 Å². The van der Waals surface area contributed by atoms with Crippen LogP contribution in [0, 0.1) is 11.3 Å². The number of amides is 2. The van der Waals surface area contributed by atoms with Crippen molar-refractivity contribution in [3.8, 4) is 6.07 Å². The second kappa shape index (κ2) is 7.94. The Balaban J connectivity index is 1.64. The number of hydrogen-bond donors (Lipinski definition) is 1. The predicted octanol–water partition coefficient (Wildman–Crippen LogP) is 3.98. The number of nitrogens with zero attached hydrogens (tertiary/aromatic N) is 4. The van der Waals surface area contributed by atoms with Crippen molar-refractivity contribution in [1.82, 2.24) is 9.88 Å². The lowest BCUT2D eigenvalue weighted by molar-refractivity contribution is -0.136. The SMILES string of the molecule is N#Cc1ccc(N2CCN(C(=O)Nc3ccc(Cl)cc3C(F)(F)F)CC2)nc1. The van der Waals surface area contributed by atoms with E-state index in [1.54, 1.807) is 12.1 Å². The molecule has 0 spiro atoms. The summed E-state index contributed by atoms with van der Waals surface area (Å²) in [5, 5.41) is 11.1. The zero-order valence-corrected chi connectivity index (χ0v) is 15.3. The maximum absolute atomic E-state index is 13.2. The Kier molecular flexibility index (Phi) is 5.61. The Hall–Kier alpha value is -2.99. The molecule has 3 rings (SSSR count). The van der Waals surface area contributed by atoms with Crippen molar-refractivity contribution in [2.24, 2.45) is 0 Å². The van der Waals surface area contributed by atoms with Gasteiger partial charge in [0.2, 0.25) is 0 Å². The minimum atomic E-state index is -4.63. The lowest BCUT2D eigenvalue weighted by atomic mass is 10.1. The van der Waals surface area contributed by atoms with Crippen LogP contribution in [0.4, 0.5) is 29.5 Å². The number of nitriles is 1. The van der Waals surface area contributed by atoms with Crippen molar-refractivity contribution < 1.29 is 18.0 Å². The summed E-state index contributed by atoms with van der Waals surface area (Å²) in [7, 11) is 0. The van der Waals surface area contributed by atoms with E-state index in [1.807, 2.05) is 11.0 Å². The van der Waals surface area contributed by atoms with E-state index in [0.29, 0.717) is 37.6 Å². The predicted molar refractivity (Wildman–Crippen MR) is 98.2 cm³/mol. The first-order chi connectivity index (χ1) is 13.3. The maximum atomic E-state index is 13.2. The number of carbonyl (C=O) groups excluding carboxylic acids is 1. The van der Waals surface area contributed by atoms with Gasteiger partial charge in [0.1, 0.15) is 11.9 Å². The fourth-order valence-corrected chi connectivity index (χ4v) is 3.00. The van der Waals surface area contributed by atoms with Gasteiger partial charge in [-0.05, 0) is 30.3 Å². The Labute approximate surface area is 164 Å². The van der Waals surface area contributed by atoms with E-state index >= 15 is 0 Å². The summed E-state index contributed by atoms with van der Waals surface area (Å²) in [5.74, 6) is 0.677. The van der Waals surface area contributed by atoms with Gasteiger partial charge >= 0.3 is 12.2 Å². The number of alkyl halides is 3. The highest BCUT2D eigenvalue weighted by Gasteiger charge is 2.34. The third kappa shape index (κ3) is 4.46. The zero-order chi connectivity index (χ0) is 20.3. The number of nitrogens with one attached hydrogen (secondary N) is 1. The number of aromatic nitrogens is 1. The van der Waals surface area contributed by atoms with Crippen LogP contribution in [0.25, 0.3) is 0 Å². The van der Waals surface area contributed by atoms with Crippen LogP contribution in [0.1, 0.15) is 11.1 Å². The van der Waals surface area contributed by atoms with Crippen molar-refractivity contribution >= 4 is 29.1 Å². The van der Waals surface area contributed by atoms with Gasteiger partial charge in [-0.25, -0.2) is 9.78 Å². The van der Waals surface area contributed by atoms with E-state index < -0.39 is 17.8 Å². The standard InChI is InChI=1S/C18H15ClF3N5O/c19-13-2-3-15(14(9-13)18(20,21)22)25-17(28)27-7-5-26(6-8-27)16-4-1-12(10-23)11-24-16/h1-4,9,11H,5-8H2,(H,25,28). The highest BCUT2D eigenvalue weighted by molar-refractivity contribution is 6.30. The van der Waals surface area contributed by atoms with E-state index in [1.165, 1.54) is 17.2 Å². The van der Waals surface area contributed by atoms with Gasteiger partial charge in [-0.2, -0.15) is 18.4 Å². The van der Waals surface area contributed by atoms with Gasteiger partial charge in [0.25, 0.3) is 0 Å². The van der Waals surface area contributed by atoms with Crippen LogP contribution < -0.4 is 10.2 Å². The van der Waals surface area contributed by atoms with Crippen LogP contribution in [-0.2, 0) is 6.18 Å². The molecule has 1 aliphatic rings. The fraction of sp³-hybridized carbons (Fsp3) is 0.278. The van der Waals surface area contributed by atoms with Crippen LogP contribution in [0.15, 0.2) is 36.5 Å². The number of rotatable bonds is 2. The molecular formula is C18H15ClF3N5O. The van der Waals surface area contributed by atoms with E-state index in [4.69, 9.17) is 16.9 Å². The molecule has 2 aromatic rings. The Morgan fingerprint density at radius 1 is 1.18 bits per heavy atom. The first-order valence-electron chi connectivity index (χ1n) is 8.31. The Bertz CT molecular complexity index is 903. The number of halogens is 4. The van der Waals surface area contributed by atoms with Crippen LogP contribution >= 0.6 is 11.6 Å². The molecule has 1 saturated heterocycles. The maximum Gasteiger partial charge on any atom is 0.418 e. The van der Waals surface area contributed by atoms with Gasteiger partial charge in [-0.3, -0.25) is 0 Å². The number of pyridine rings is 1. The van der Waals surface area contributed by atoms with Crippen molar-refractivity contribution in [1.29, 1.82) is 5.26 Å².